The van der Waals surface area contributed by atoms with Crippen LogP contribution in [0.5, 0.6) is 0 Å². The van der Waals surface area contributed by atoms with Gasteiger partial charge in [-0.05, 0) is 39.0 Å². The number of aryl methyl sites for hydroxylation is 2. The zero-order valence-corrected chi connectivity index (χ0v) is 9.69. The fourth-order valence-corrected chi connectivity index (χ4v) is 1.82. The van der Waals surface area contributed by atoms with Crippen molar-refractivity contribution < 1.29 is 4.79 Å². The highest BCUT2D eigenvalue weighted by atomic mass is 16.1. The summed E-state index contributed by atoms with van der Waals surface area (Å²) in [6, 6.07) is 5.97. The van der Waals surface area contributed by atoms with Crippen LogP contribution < -0.4 is 0 Å². The molecule has 0 fully saturated rings. The molecule has 2 aromatic rings. The van der Waals surface area contributed by atoms with E-state index in [4.69, 9.17) is 0 Å². The Hall–Kier alpha value is -1.90. The monoisotopic (exact) mass is 214 g/mol. The summed E-state index contributed by atoms with van der Waals surface area (Å²) in [6.07, 6.45) is 3.37. The lowest BCUT2D eigenvalue weighted by Crippen LogP contribution is -2.02. The molecular formula is C13H14N2O. The predicted octanol–water partition coefficient (Wildman–Crippen LogP) is 2.69. The minimum atomic E-state index is 0.0387. The van der Waals surface area contributed by atoms with Gasteiger partial charge in [0.25, 0.3) is 0 Å². The van der Waals surface area contributed by atoms with Crippen molar-refractivity contribution in [3.8, 4) is 5.69 Å². The molecule has 0 N–H and O–H groups in total. The first-order valence-electron chi connectivity index (χ1n) is 5.21. The van der Waals surface area contributed by atoms with Gasteiger partial charge in [-0.25, -0.2) is 0 Å². The molecule has 0 radical (unpaired) electrons. The number of ketones is 1. The molecule has 0 saturated carbocycles. The lowest BCUT2D eigenvalue weighted by atomic mass is 10.2. The highest BCUT2D eigenvalue weighted by Gasteiger charge is 2.06. The normalized spacial score (nSPS) is 10.4. The average molecular weight is 214 g/mol. The van der Waals surface area contributed by atoms with Gasteiger partial charge in [-0.15, -0.1) is 0 Å². The van der Waals surface area contributed by atoms with Crippen molar-refractivity contribution in [2.75, 3.05) is 0 Å². The van der Waals surface area contributed by atoms with Crippen LogP contribution in [0.1, 0.15) is 28.7 Å². The summed E-state index contributed by atoms with van der Waals surface area (Å²) < 4.78 is 2.08. The zero-order chi connectivity index (χ0) is 11.7. The van der Waals surface area contributed by atoms with Crippen molar-refractivity contribution in [1.29, 1.82) is 0 Å². The Morgan fingerprint density at radius 3 is 2.38 bits per heavy atom. The van der Waals surface area contributed by atoms with Gasteiger partial charge in [-0.1, -0.05) is 0 Å². The number of hydrogen-bond donors (Lipinski definition) is 0. The van der Waals surface area contributed by atoms with E-state index in [1.807, 2.05) is 19.9 Å². The van der Waals surface area contributed by atoms with Crippen LogP contribution in [-0.2, 0) is 0 Å². The van der Waals surface area contributed by atoms with Crippen LogP contribution in [-0.4, -0.2) is 15.3 Å². The minimum Gasteiger partial charge on any atom is -0.317 e. The van der Waals surface area contributed by atoms with Gasteiger partial charge < -0.3 is 4.57 Å². The van der Waals surface area contributed by atoms with Gasteiger partial charge in [0.1, 0.15) is 0 Å². The Labute approximate surface area is 94.7 Å². The van der Waals surface area contributed by atoms with Crippen LogP contribution in [0.3, 0.4) is 0 Å². The van der Waals surface area contributed by atoms with Crippen LogP contribution >= 0.6 is 0 Å². The highest BCUT2D eigenvalue weighted by molar-refractivity contribution is 5.94. The molecule has 0 aliphatic carbocycles. The SMILES string of the molecule is CC(=O)c1cncc(-n2c(C)ccc2C)c1. The molecule has 16 heavy (non-hydrogen) atoms. The van der Waals surface area contributed by atoms with Crippen LogP contribution in [0.15, 0.2) is 30.6 Å². The summed E-state index contributed by atoms with van der Waals surface area (Å²) in [5.74, 6) is 0.0387. The number of hydrogen-bond acceptors (Lipinski definition) is 2. The largest absolute Gasteiger partial charge is 0.317 e. The van der Waals surface area contributed by atoms with E-state index in [0.717, 1.165) is 17.1 Å². The molecule has 3 heteroatoms. The summed E-state index contributed by atoms with van der Waals surface area (Å²) in [5.41, 5.74) is 3.86. The second kappa shape index (κ2) is 3.93. The molecule has 2 rings (SSSR count). The Morgan fingerprint density at radius 2 is 1.81 bits per heavy atom. The third kappa shape index (κ3) is 1.76. The van der Waals surface area contributed by atoms with Crippen molar-refractivity contribution in [3.05, 3.63) is 47.5 Å². The van der Waals surface area contributed by atoms with Gasteiger partial charge in [-0.3, -0.25) is 9.78 Å². The highest BCUT2D eigenvalue weighted by Crippen LogP contribution is 2.16. The molecule has 0 aromatic carbocycles. The predicted molar refractivity (Wildman–Crippen MR) is 63.0 cm³/mol. The molecule has 2 heterocycles. The topological polar surface area (TPSA) is 34.9 Å². The molecule has 0 aliphatic heterocycles. The first-order valence-corrected chi connectivity index (χ1v) is 5.21. The first kappa shape index (κ1) is 10.6. The fraction of sp³-hybridized carbons (Fsp3) is 0.231. The van der Waals surface area contributed by atoms with Gasteiger partial charge in [0.15, 0.2) is 5.78 Å². The lowest BCUT2D eigenvalue weighted by molar-refractivity contribution is 0.101. The molecule has 0 unspecified atom stereocenters. The Bertz CT molecular complexity index is 521. The van der Waals surface area contributed by atoms with Crippen molar-refractivity contribution in [1.82, 2.24) is 9.55 Å². The van der Waals surface area contributed by atoms with Crippen LogP contribution in [0.2, 0.25) is 0 Å². The number of rotatable bonds is 2. The second-order valence-corrected chi connectivity index (χ2v) is 3.94. The van der Waals surface area contributed by atoms with Crippen molar-refractivity contribution >= 4 is 5.78 Å². The van der Waals surface area contributed by atoms with Gasteiger partial charge >= 0.3 is 0 Å². The number of carbonyl (C=O) groups excluding carboxylic acids is 1. The minimum absolute atomic E-state index is 0.0387. The summed E-state index contributed by atoms with van der Waals surface area (Å²) in [4.78, 5) is 15.4. The van der Waals surface area contributed by atoms with E-state index in [0.29, 0.717) is 5.56 Å². The molecule has 0 aliphatic rings. The molecule has 3 nitrogen and oxygen atoms in total. The zero-order valence-electron chi connectivity index (χ0n) is 9.69. The van der Waals surface area contributed by atoms with E-state index in [-0.39, 0.29) is 5.78 Å². The smallest absolute Gasteiger partial charge is 0.161 e. The fourth-order valence-electron chi connectivity index (χ4n) is 1.82. The summed E-state index contributed by atoms with van der Waals surface area (Å²) in [6.45, 7) is 5.62. The Kier molecular flexibility index (Phi) is 2.60. The quantitative estimate of drug-likeness (QED) is 0.720. The number of nitrogens with zero attached hydrogens (tertiary/aromatic N) is 2. The van der Waals surface area contributed by atoms with Crippen LogP contribution in [0.4, 0.5) is 0 Å². The van der Waals surface area contributed by atoms with Crippen molar-refractivity contribution in [2.24, 2.45) is 0 Å². The molecule has 2 aromatic heterocycles. The van der Waals surface area contributed by atoms with Crippen LogP contribution in [0, 0.1) is 13.8 Å². The van der Waals surface area contributed by atoms with E-state index in [1.165, 1.54) is 0 Å². The van der Waals surface area contributed by atoms with E-state index in [1.54, 1.807) is 19.3 Å². The number of carbonyl (C=O) groups is 1. The maximum absolute atomic E-state index is 11.3. The van der Waals surface area contributed by atoms with E-state index >= 15 is 0 Å². The van der Waals surface area contributed by atoms with Crippen LogP contribution in [0.25, 0.3) is 5.69 Å². The maximum atomic E-state index is 11.3. The molecule has 82 valence electrons. The molecular weight excluding hydrogens is 200 g/mol. The van der Waals surface area contributed by atoms with Gasteiger partial charge in [0.05, 0.1) is 11.9 Å². The van der Waals surface area contributed by atoms with Crippen molar-refractivity contribution in [3.63, 3.8) is 0 Å². The molecule has 0 spiro atoms. The van der Waals surface area contributed by atoms with Crippen molar-refractivity contribution in [2.45, 2.75) is 20.8 Å². The van der Waals surface area contributed by atoms with E-state index < -0.39 is 0 Å². The molecule has 0 bridgehead atoms. The van der Waals surface area contributed by atoms with E-state index in [2.05, 4.69) is 21.7 Å². The molecule has 0 saturated heterocycles. The van der Waals surface area contributed by atoms with Gasteiger partial charge in [0, 0.05) is 23.1 Å². The lowest BCUT2D eigenvalue weighted by Gasteiger charge is -2.09. The second-order valence-electron chi connectivity index (χ2n) is 3.94. The maximum Gasteiger partial charge on any atom is 0.161 e. The standard InChI is InChI=1S/C13H14N2O/c1-9-4-5-10(2)15(9)13-6-12(11(3)16)7-14-8-13/h4-8H,1-3H3. The summed E-state index contributed by atoms with van der Waals surface area (Å²) in [5, 5.41) is 0. The third-order valence-corrected chi connectivity index (χ3v) is 2.66. The Morgan fingerprint density at radius 1 is 1.19 bits per heavy atom. The van der Waals surface area contributed by atoms with Gasteiger partial charge in [-0.2, -0.15) is 0 Å². The summed E-state index contributed by atoms with van der Waals surface area (Å²) in [7, 11) is 0. The van der Waals surface area contributed by atoms with Gasteiger partial charge in [0.2, 0.25) is 0 Å². The van der Waals surface area contributed by atoms with E-state index in [9.17, 15) is 4.79 Å². The molecule has 0 amide bonds. The molecule has 0 atom stereocenters. The average Bonchev–Trinajstić information content (AvgIpc) is 2.59. The number of Topliss-reactive ketones (excluding diaryl/α,β-unsaturated/α-hetero) is 1. The Balaban J connectivity index is 2.57. The number of aromatic nitrogens is 2. The summed E-state index contributed by atoms with van der Waals surface area (Å²) >= 11 is 0. The third-order valence-electron chi connectivity index (χ3n) is 2.66. The number of pyridine rings is 1. The first-order chi connectivity index (χ1) is 7.59.